The zero-order valence-corrected chi connectivity index (χ0v) is 19.0. The lowest BCUT2D eigenvalue weighted by Gasteiger charge is -2.18. The van der Waals surface area contributed by atoms with Crippen molar-refractivity contribution in [2.75, 3.05) is 5.75 Å². The number of aromatic nitrogens is 3. The molecule has 0 saturated heterocycles. The lowest BCUT2D eigenvalue weighted by molar-refractivity contribution is -0.121. The highest BCUT2D eigenvalue weighted by Crippen LogP contribution is 2.28. The van der Waals surface area contributed by atoms with Crippen molar-refractivity contribution in [3.63, 3.8) is 0 Å². The molecule has 1 N–H and O–H groups in total. The van der Waals surface area contributed by atoms with Crippen molar-refractivity contribution >= 4 is 40.3 Å². The molecule has 4 rings (SSSR count). The van der Waals surface area contributed by atoms with Gasteiger partial charge in [0.05, 0.1) is 10.9 Å². The standard InChI is InChI=1S/C22H22N4OS3/c1-2-26-21(18-11-7-14-29-18)24-25-22(26)30-15-12-19(27)23-20(17-10-6-13-28-17)16-8-4-3-5-9-16/h3-11,13-14,20H,2,12,15H2,1H3,(H,23,27). The fraction of sp³-hybridized carbons (Fsp3) is 0.227. The Bertz CT molecular complexity index is 1060. The highest BCUT2D eigenvalue weighted by Gasteiger charge is 2.18. The van der Waals surface area contributed by atoms with E-state index in [1.807, 2.05) is 41.1 Å². The number of amides is 1. The van der Waals surface area contributed by atoms with E-state index in [0.717, 1.165) is 32.8 Å². The van der Waals surface area contributed by atoms with Gasteiger partial charge in [-0.1, -0.05) is 54.2 Å². The molecule has 0 saturated carbocycles. The summed E-state index contributed by atoms with van der Waals surface area (Å²) in [6.07, 6.45) is 0.421. The Morgan fingerprint density at radius 2 is 1.87 bits per heavy atom. The molecular weight excluding hydrogens is 432 g/mol. The molecule has 1 amide bonds. The van der Waals surface area contributed by atoms with Gasteiger partial charge in [-0.2, -0.15) is 0 Å². The van der Waals surface area contributed by atoms with Crippen molar-refractivity contribution in [2.24, 2.45) is 0 Å². The molecule has 3 heterocycles. The molecule has 4 aromatic rings. The van der Waals surface area contributed by atoms with Crippen LogP contribution in [0.3, 0.4) is 0 Å². The maximum atomic E-state index is 12.7. The van der Waals surface area contributed by atoms with Gasteiger partial charge >= 0.3 is 0 Å². The van der Waals surface area contributed by atoms with Crippen molar-refractivity contribution in [1.82, 2.24) is 20.1 Å². The summed E-state index contributed by atoms with van der Waals surface area (Å²) >= 11 is 4.88. The van der Waals surface area contributed by atoms with Crippen LogP contribution in [-0.4, -0.2) is 26.4 Å². The number of hydrogen-bond acceptors (Lipinski definition) is 6. The summed E-state index contributed by atoms with van der Waals surface area (Å²) in [4.78, 5) is 14.9. The van der Waals surface area contributed by atoms with E-state index in [0.29, 0.717) is 12.2 Å². The van der Waals surface area contributed by atoms with Gasteiger partial charge in [0.25, 0.3) is 0 Å². The fourth-order valence-corrected chi connectivity index (χ4v) is 5.62. The monoisotopic (exact) mass is 454 g/mol. The number of nitrogens with one attached hydrogen (secondary N) is 1. The third-order valence-corrected chi connectivity index (χ3v) is 7.37. The van der Waals surface area contributed by atoms with Gasteiger partial charge in [0.2, 0.25) is 5.91 Å². The number of thioether (sulfide) groups is 1. The van der Waals surface area contributed by atoms with E-state index in [4.69, 9.17) is 0 Å². The van der Waals surface area contributed by atoms with Crippen molar-refractivity contribution in [3.05, 3.63) is 75.8 Å². The fourth-order valence-electron chi connectivity index (χ4n) is 3.16. The number of nitrogens with zero attached hydrogens (tertiary/aromatic N) is 3. The molecule has 8 heteroatoms. The molecule has 0 aliphatic heterocycles. The highest BCUT2D eigenvalue weighted by molar-refractivity contribution is 7.99. The summed E-state index contributed by atoms with van der Waals surface area (Å²) in [5.41, 5.74) is 1.09. The molecule has 0 bridgehead atoms. The van der Waals surface area contributed by atoms with E-state index in [1.165, 1.54) is 0 Å². The average molecular weight is 455 g/mol. The van der Waals surface area contributed by atoms with Gasteiger partial charge in [-0.05, 0) is 35.4 Å². The summed E-state index contributed by atoms with van der Waals surface area (Å²) < 4.78 is 2.10. The maximum absolute atomic E-state index is 12.7. The van der Waals surface area contributed by atoms with Gasteiger partial charge in [0.15, 0.2) is 11.0 Å². The van der Waals surface area contributed by atoms with Crippen LogP contribution in [0.15, 0.2) is 70.5 Å². The van der Waals surface area contributed by atoms with E-state index >= 15 is 0 Å². The minimum atomic E-state index is -0.117. The lowest BCUT2D eigenvalue weighted by atomic mass is 10.1. The molecular formula is C22H22N4OS3. The van der Waals surface area contributed by atoms with Crippen LogP contribution in [0, 0.1) is 0 Å². The third-order valence-electron chi connectivity index (χ3n) is 4.60. The second kappa shape index (κ2) is 10.1. The molecule has 1 atom stereocenters. The van der Waals surface area contributed by atoms with E-state index in [9.17, 15) is 4.79 Å². The maximum Gasteiger partial charge on any atom is 0.221 e. The van der Waals surface area contributed by atoms with Gasteiger partial charge < -0.3 is 9.88 Å². The molecule has 0 fully saturated rings. The van der Waals surface area contributed by atoms with Gasteiger partial charge in [0.1, 0.15) is 0 Å². The largest absolute Gasteiger partial charge is 0.344 e. The SMILES string of the molecule is CCn1c(SCCC(=O)NC(c2ccccc2)c2cccs2)nnc1-c1cccs1. The Labute approximate surface area is 188 Å². The van der Waals surface area contributed by atoms with Crippen LogP contribution >= 0.6 is 34.4 Å². The summed E-state index contributed by atoms with van der Waals surface area (Å²) in [5, 5.41) is 16.8. The molecule has 1 unspecified atom stereocenters. The molecule has 30 heavy (non-hydrogen) atoms. The topological polar surface area (TPSA) is 59.8 Å². The minimum absolute atomic E-state index is 0.0331. The van der Waals surface area contributed by atoms with Gasteiger partial charge in [-0.15, -0.1) is 32.9 Å². The first-order valence-electron chi connectivity index (χ1n) is 9.74. The predicted octanol–water partition coefficient (Wildman–Crippen LogP) is 5.48. The Hall–Kier alpha value is -2.42. The smallest absolute Gasteiger partial charge is 0.221 e. The van der Waals surface area contributed by atoms with Crippen LogP contribution in [0.5, 0.6) is 0 Å². The van der Waals surface area contributed by atoms with Crippen LogP contribution in [0.4, 0.5) is 0 Å². The Balaban J connectivity index is 1.38. The van der Waals surface area contributed by atoms with Crippen LogP contribution < -0.4 is 5.32 Å². The van der Waals surface area contributed by atoms with Crippen molar-refractivity contribution in [2.45, 2.75) is 31.1 Å². The minimum Gasteiger partial charge on any atom is -0.344 e. The molecule has 1 aromatic carbocycles. The average Bonchev–Trinajstić information content (AvgIpc) is 3.54. The first kappa shape index (κ1) is 20.8. The number of thiophene rings is 2. The van der Waals surface area contributed by atoms with Crippen LogP contribution in [0.1, 0.15) is 29.8 Å². The van der Waals surface area contributed by atoms with Gasteiger partial charge in [-0.25, -0.2) is 0 Å². The number of rotatable bonds is 9. The molecule has 0 aliphatic rings. The first-order chi connectivity index (χ1) is 14.8. The molecule has 0 aliphatic carbocycles. The van der Waals surface area contributed by atoms with E-state index in [1.54, 1.807) is 34.4 Å². The van der Waals surface area contributed by atoms with E-state index in [-0.39, 0.29) is 11.9 Å². The number of benzene rings is 1. The van der Waals surface area contributed by atoms with E-state index in [2.05, 4.69) is 51.3 Å². The van der Waals surface area contributed by atoms with Crippen molar-refractivity contribution in [3.8, 4) is 10.7 Å². The molecule has 3 aromatic heterocycles. The second-order valence-electron chi connectivity index (χ2n) is 6.55. The van der Waals surface area contributed by atoms with Crippen LogP contribution in [-0.2, 0) is 11.3 Å². The third kappa shape index (κ3) is 4.83. The summed E-state index contributed by atoms with van der Waals surface area (Å²) in [5.74, 6) is 1.58. The quantitative estimate of drug-likeness (QED) is 0.340. The van der Waals surface area contributed by atoms with E-state index < -0.39 is 0 Å². The molecule has 5 nitrogen and oxygen atoms in total. The van der Waals surface area contributed by atoms with Gasteiger partial charge in [0, 0.05) is 23.6 Å². The van der Waals surface area contributed by atoms with Crippen LogP contribution in [0.25, 0.3) is 10.7 Å². The summed E-state index contributed by atoms with van der Waals surface area (Å²) in [7, 11) is 0. The number of carbonyl (C=O) groups excluding carboxylic acids is 1. The predicted molar refractivity (Wildman–Crippen MR) is 125 cm³/mol. The normalized spacial score (nSPS) is 12.0. The first-order valence-corrected chi connectivity index (χ1v) is 12.5. The number of hydrogen-bond donors (Lipinski definition) is 1. The number of carbonyl (C=O) groups is 1. The highest BCUT2D eigenvalue weighted by atomic mass is 32.2. The lowest BCUT2D eigenvalue weighted by Crippen LogP contribution is -2.29. The summed E-state index contributed by atoms with van der Waals surface area (Å²) in [6.45, 7) is 2.88. The zero-order chi connectivity index (χ0) is 20.8. The summed E-state index contributed by atoms with van der Waals surface area (Å²) in [6, 6.07) is 18.1. The Morgan fingerprint density at radius 3 is 2.57 bits per heavy atom. The Morgan fingerprint density at radius 1 is 1.07 bits per heavy atom. The second-order valence-corrected chi connectivity index (χ2v) is 9.54. The molecule has 154 valence electrons. The van der Waals surface area contributed by atoms with Crippen molar-refractivity contribution in [1.29, 1.82) is 0 Å². The Kier molecular flexibility index (Phi) is 6.99. The van der Waals surface area contributed by atoms with Crippen LogP contribution in [0.2, 0.25) is 0 Å². The zero-order valence-electron chi connectivity index (χ0n) is 16.5. The van der Waals surface area contributed by atoms with Crippen molar-refractivity contribution < 1.29 is 4.79 Å². The van der Waals surface area contributed by atoms with Gasteiger partial charge in [-0.3, -0.25) is 4.79 Å². The molecule has 0 spiro atoms. The molecule has 0 radical (unpaired) electrons.